The van der Waals surface area contributed by atoms with Gasteiger partial charge in [0.2, 0.25) is 0 Å². The Bertz CT molecular complexity index is 1090. The minimum absolute atomic E-state index is 0. The number of aromatic nitrogens is 1. The quantitative estimate of drug-likeness (QED) is 0.681. The van der Waals surface area contributed by atoms with Gasteiger partial charge in [0.15, 0.2) is 5.78 Å². The molecule has 0 bridgehead atoms. The zero-order chi connectivity index (χ0) is 24.2. The smallest absolute Gasteiger partial charge is 0.253 e. The first-order valence-electron chi connectivity index (χ1n) is 11.8. The van der Waals surface area contributed by atoms with Crippen molar-refractivity contribution in [3.05, 3.63) is 52.8 Å². The zero-order valence-electron chi connectivity index (χ0n) is 21.0. The summed E-state index contributed by atoms with van der Waals surface area (Å²) in [6.45, 7) is 14.5. The Labute approximate surface area is 198 Å². The van der Waals surface area contributed by atoms with E-state index in [0.717, 1.165) is 42.1 Å². The van der Waals surface area contributed by atoms with Crippen LogP contribution in [0, 0.1) is 0 Å². The van der Waals surface area contributed by atoms with Gasteiger partial charge in [0.1, 0.15) is 5.75 Å². The van der Waals surface area contributed by atoms with Gasteiger partial charge in [-0.1, -0.05) is 26.8 Å². The summed E-state index contributed by atoms with van der Waals surface area (Å²) in [5.74, 6) is 0.889. The van der Waals surface area contributed by atoms with Crippen molar-refractivity contribution in [3.63, 3.8) is 0 Å². The van der Waals surface area contributed by atoms with E-state index in [1.807, 2.05) is 29.2 Å². The third kappa shape index (κ3) is 4.21. The molecule has 0 unspecified atom stereocenters. The number of Topliss-reactive ketones (excluding diaryl/α,β-unsaturated/α-hetero) is 1. The summed E-state index contributed by atoms with van der Waals surface area (Å²) < 4.78 is 7.80. The first kappa shape index (κ1) is 23.6. The van der Waals surface area contributed by atoms with Crippen molar-refractivity contribution < 1.29 is 15.8 Å². The fraction of sp³-hybridized carbons (Fsp3) is 0.556. The van der Waals surface area contributed by atoms with E-state index in [0.29, 0.717) is 18.7 Å². The number of carbonyl (C=O) groups is 2. The number of methoxy groups -OCH3 is 1. The van der Waals surface area contributed by atoms with Crippen LogP contribution in [-0.4, -0.2) is 46.9 Å². The van der Waals surface area contributed by atoms with Crippen molar-refractivity contribution in [2.24, 2.45) is 0 Å². The molecule has 1 aromatic carbocycles. The number of ketones is 1. The number of likely N-dealkylation sites (tertiary alicyclic amines) is 1. The fourth-order valence-electron chi connectivity index (χ4n) is 5.61. The van der Waals surface area contributed by atoms with Gasteiger partial charge in [0.05, 0.1) is 18.3 Å². The number of carbonyl (C=O) groups excluding carboxylic acids is 2. The fourth-order valence-corrected chi connectivity index (χ4v) is 5.61. The Balaban J connectivity index is 0.00000324. The van der Waals surface area contributed by atoms with Gasteiger partial charge in [0.25, 0.3) is 5.91 Å². The van der Waals surface area contributed by atoms with Crippen LogP contribution < -0.4 is 10.1 Å². The Morgan fingerprint density at radius 1 is 1.09 bits per heavy atom. The van der Waals surface area contributed by atoms with Crippen LogP contribution in [0.4, 0.5) is 0 Å². The normalized spacial score (nSPS) is 19.3. The lowest BCUT2D eigenvalue weighted by atomic mass is 9.79. The molecule has 180 valence electrons. The highest BCUT2D eigenvalue weighted by Crippen LogP contribution is 2.40. The Morgan fingerprint density at radius 3 is 2.33 bits per heavy atom. The lowest BCUT2D eigenvalue weighted by Gasteiger charge is -2.51. The maximum absolute atomic E-state index is 13.4. The molecule has 1 N–H and O–H groups in total. The molecule has 2 aromatic rings. The standard InChI is InChI=1S/C27H37N3O3.H2/c1-18(31)21-10-11-23-27(28-26(5,6)17-30(21)23)12-14-29(15-13-27)24(32)19-8-9-20(25(2,3)4)22(16-19)33-7;/h8-11,16,28H,12-15,17H2,1-7H3;1H. The number of nitrogens with one attached hydrogen (secondary N) is 1. The maximum Gasteiger partial charge on any atom is 0.253 e. The van der Waals surface area contributed by atoms with Crippen molar-refractivity contribution in [1.29, 1.82) is 0 Å². The van der Waals surface area contributed by atoms with Crippen LogP contribution in [0.1, 0.15) is 87.9 Å². The molecular formula is C27H39N3O3. The van der Waals surface area contributed by atoms with E-state index < -0.39 is 0 Å². The number of piperidine rings is 1. The second-order valence-electron chi connectivity index (χ2n) is 11.3. The molecule has 1 spiro atoms. The third-order valence-corrected chi connectivity index (χ3v) is 7.12. The average Bonchev–Trinajstić information content (AvgIpc) is 3.16. The Hall–Kier alpha value is -2.60. The molecule has 0 saturated carbocycles. The van der Waals surface area contributed by atoms with Gasteiger partial charge < -0.3 is 14.2 Å². The van der Waals surface area contributed by atoms with Crippen LogP contribution in [0.2, 0.25) is 0 Å². The molecule has 1 fully saturated rings. The van der Waals surface area contributed by atoms with Gasteiger partial charge >= 0.3 is 0 Å². The maximum atomic E-state index is 13.4. The predicted octanol–water partition coefficient (Wildman–Crippen LogP) is 4.76. The summed E-state index contributed by atoms with van der Waals surface area (Å²) in [6, 6.07) is 9.84. The van der Waals surface area contributed by atoms with Crippen LogP contribution >= 0.6 is 0 Å². The number of amides is 1. The topological polar surface area (TPSA) is 63.6 Å². The summed E-state index contributed by atoms with van der Waals surface area (Å²) in [5, 5.41) is 3.87. The molecule has 1 aromatic heterocycles. The largest absolute Gasteiger partial charge is 0.496 e. The molecule has 0 radical (unpaired) electrons. The lowest BCUT2D eigenvalue weighted by Crippen LogP contribution is -2.63. The summed E-state index contributed by atoms with van der Waals surface area (Å²) in [4.78, 5) is 27.5. The molecule has 2 aliphatic rings. The highest BCUT2D eigenvalue weighted by atomic mass is 16.5. The Morgan fingerprint density at radius 2 is 1.76 bits per heavy atom. The Kier molecular flexibility index (Phi) is 5.72. The molecule has 33 heavy (non-hydrogen) atoms. The minimum atomic E-state index is -0.236. The first-order chi connectivity index (χ1) is 15.4. The van der Waals surface area contributed by atoms with Gasteiger partial charge in [-0.05, 0) is 61.9 Å². The average molecular weight is 454 g/mol. The summed E-state index contributed by atoms with van der Waals surface area (Å²) >= 11 is 0. The second-order valence-corrected chi connectivity index (χ2v) is 11.3. The number of nitrogens with zero attached hydrogens (tertiary/aromatic N) is 2. The van der Waals surface area contributed by atoms with Crippen LogP contribution in [0.3, 0.4) is 0 Å². The van der Waals surface area contributed by atoms with E-state index in [1.54, 1.807) is 14.0 Å². The van der Waals surface area contributed by atoms with E-state index in [9.17, 15) is 9.59 Å². The molecule has 0 aliphatic carbocycles. The molecule has 0 atom stereocenters. The van der Waals surface area contributed by atoms with Gasteiger partial charge in [-0.15, -0.1) is 0 Å². The number of hydrogen-bond donors (Lipinski definition) is 1. The van der Waals surface area contributed by atoms with Crippen molar-refractivity contribution in [2.45, 2.75) is 77.4 Å². The third-order valence-electron chi connectivity index (χ3n) is 7.12. The predicted molar refractivity (Wildman–Crippen MR) is 132 cm³/mol. The summed E-state index contributed by atoms with van der Waals surface area (Å²) in [6.07, 6.45) is 1.61. The van der Waals surface area contributed by atoms with Gasteiger partial charge in [-0.2, -0.15) is 0 Å². The lowest BCUT2D eigenvalue weighted by molar-refractivity contribution is 0.0519. The minimum Gasteiger partial charge on any atom is -0.496 e. The molecular weight excluding hydrogens is 414 g/mol. The van der Waals surface area contributed by atoms with Crippen LogP contribution in [-0.2, 0) is 17.5 Å². The molecule has 3 heterocycles. The molecule has 4 rings (SSSR count). The SMILES string of the molecule is COc1cc(C(=O)N2CCC3(CC2)NC(C)(C)Cn2c(C(C)=O)ccc23)ccc1C(C)(C)C.[HH]. The highest BCUT2D eigenvalue weighted by Gasteiger charge is 2.46. The van der Waals surface area contributed by atoms with Crippen LogP contribution in [0.25, 0.3) is 0 Å². The monoisotopic (exact) mass is 453 g/mol. The van der Waals surface area contributed by atoms with Gasteiger partial charge in [-0.25, -0.2) is 0 Å². The van der Waals surface area contributed by atoms with Crippen molar-refractivity contribution in [2.75, 3.05) is 20.2 Å². The van der Waals surface area contributed by atoms with E-state index in [-0.39, 0.29) is 29.6 Å². The number of fused-ring (bicyclic) bond motifs is 2. The molecule has 6 nitrogen and oxygen atoms in total. The number of rotatable bonds is 3. The van der Waals surface area contributed by atoms with Crippen molar-refractivity contribution in [1.82, 2.24) is 14.8 Å². The summed E-state index contributed by atoms with van der Waals surface area (Å²) in [7, 11) is 1.66. The first-order valence-corrected chi connectivity index (χ1v) is 11.8. The number of hydrogen-bond acceptors (Lipinski definition) is 4. The van der Waals surface area contributed by atoms with Gasteiger partial charge in [-0.3, -0.25) is 14.9 Å². The molecule has 2 aliphatic heterocycles. The van der Waals surface area contributed by atoms with Crippen molar-refractivity contribution in [3.8, 4) is 5.75 Å². The van der Waals surface area contributed by atoms with E-state index >= 15 is 0 Å². The van der Waals surface area contributed by atoms with Crippen LogP contribution in [0.5, 0.6) is 5.75 Å². The summed E-state index contributed by atoms with van der Waals surface area (Å²) in [5.41, 5.74) is 3.25. The van der Waals surface area contributed by atoms with E-state index in [1.165, 1.54) is 0 Å². The number of benzene rings is 1. The second kappa shape index (κ2) is 8.01. The zero-order valence-corrected chi connectivity index (χ0v) is 21.0. The number of ether oxygens (including phenoxy) is 1. The van der Waals surface area contributed by atoms with Crippen molar-refractivity contribution >= 4 is 11.7 Å². The molecule has 1 saturated heterocycles. The van der Waals surface area contributed by atoms with Crippen LogP contribution in [0.15, 0.2) is 30.3 Å². The van der Waals surface area contributed by atoms with Gasteiger partial charge in [0, 0.05) is 44.8 Å². The van der Waals surface area contributed by atoms with E-state index in [2.05, 4.69) is 50.6 Å². The highest BCUT2D eigenvalue weighted by molar-refractivity contribution is 5.95. The molecule has 1 amide bonds. The van der Waals surface area contributed by atoms with E-state index in [4.69, 9.17) is 4.74 Å². The molecule has 6 heteroatoms.